The van der Waals surface area contributed by atoms with E-state index in [1.165, 1.54) is 32.1 Å². The molecule has 1 aromatic heterocycles. The highest BCUT2D eigenvalue weighted by molar-refractivity contribution is 5.97. The lowest BCUT2D eigenvalue weighted by atomic mass is 9.95. The van der Waals surface area contributed by atoms with E-state index < -0.39 is 0 Å². The van der Waals surface area contributed by atoms with Crippen LogP contribution in [0.15, 0.2) is 30.3 Å². The number of amides is 3. The number of benzene rings is 1. The standard InChI is InChI=1S/C25H32N4O3/c1-17-14-22(18(2)29(17)21-6-4-3-5-7-21)24(31)27-15-19-8-10-20(11-9-19)25(32)28-13-12-26-23(30)16-28/h8-11,14,21H,3-7,12-13,15-16H2,1-2H3,(H,26,30)(H,27,31). The van der Waals surface area contributed by atoms with E-state index in [1.54, 1.807) is 17.0 Å². The first-order valence-electron chi connectivity index (χ1n) is 11.6. The summed E-state index contributed by atoms with van der Waals surface area (Å²) >= 11 is 0. The molecule has 2 N–H and O–H groups in total. The second kappa shape index (κ2) is 9.59. The van der Waals surface area contributed by atoms with Gasteiger partial charge in [0.05, 0.1) is 12.1 Å². The van der Waals surface area contributed by atoms with Crippen molar-refractivity contribution in [3.8, 4) is 0 Å². The first kappa shape index (κ1) is 22.1. The van der Waals surface area contributed by atoms with Gasteiger partial charge in [-0.25, -0.2) is 0 Å². The molecule has 1 aliphatic carbocycles. The van der Waals surface area contributed by atoms with Crippen LogP contribution in [0.5, 0.6) is 0 Å². The van der Waals surface area contributed by atoms with Crippen LogP contribution in [0.4, 0.5) is 0 Å². The average Bonchev–Trinajstić information content (AvgIpc) is 3.11. The van der Waals surface area contributed by atoms with Crippen LogP contribution in [0.2, 0.25) is 0 Å². The van der Waals surface area contributed by atoms with Gasteiger partial charge in [0.25, 0.3) is 11.8 Å². The second-order valence-electron chi connectivity index (χ2n) is 8.90. The number of aryl methyl sites for hydroxylation is 1. The summed E-state index contributed by atoms with van der Waals surface area (Å²) in [6.07, 6.45) is 6.19. The zero-order valence-corrected chi connectivity index (χ0v) is 18.9. The Labute approximate surface area is 189 Å². The molecule has 170 valence electrons. The number of carbonyl (C=O) groups is 3. The van der Waals surface area contributed by atoms with E-state index in [4.69, 9.17) is 0 Å². The highest BCUT2D eigenvalue weighted by Crippen LogP contribution is 2.32. The zero-order valence-electron chi connectivity index (χ0n) is 18.9. The predicted octanol–water partition coefficient (Wildman–Crippen LogP) is 3.11. The fourth-order valence-corrected chi connectivity index (χ4v) is 4.95. The third-order valence-corrected chi connectivity index (χ3v) is 6.65. The molecule has 2 fully saturated rings. The molecule has 0 radical (unpaired) electrons. The summed E-state index contributed by atoms with van der Waals surface area (Å²) < 4.78 is 2.34. The highest BCUT2D eigenvalue weighted by Gasteiger charge is 2.23. The lowest BCUT2D eigenvalue weighted by Gasteiger charge is -2.26. The van der Waals surface area contributed by atoms with Crippen LogP contribution in [0, 0.1) is 13.8 Å². The Morgan fingerprint density at radius 2 is 1.81 bits per heavy atom. The quantitative estimate of drug-likeness (QED) is 0.755. The molecule has 1 saturated heterocycles. The smallest absolute Gasteiger partial charge is 0.254 e. The fourth-order valence-electron chi connectivity index (χ4n) is 4.95. The number of hydrogen-bond donors (Lipinski definition) is 2. The Bertz CT molecular complexity index is 1000. The normalized spacial score (nSPS) is 17.2. The topological polar surface area (TPSA) is 83.4 Å². The number of hydrogen-bond acceptors (Lipinski definition) is 3. The van der Waals surface area contributed by atoms with Crippen molar-refractivity contribution in [3.05, 3.63) is 58.4 Å². The minimum Gasteiger partial charge on any atom is -0.353 e. The predicted molar refractivity (Wildman–Crippen MR) is 123 cm³/mol. The van der Waals surface area contributed by atoms with Crippen molar-refractivity contribution in [2.45, 2.75) is 58.5 Å². The van der Waals surface area contributed by atoms with Crippen LogP contribution >= 0.6 is 0 Å². The minimum atomic E-state index is -0.148. The number of piperazine rings is 1. The minimum absolute atomic E-state index is 0.0698. The van der Waals surface area contributed by atoms with E-state index in [-0.39, 0.29) is 24.3 Å². The lowest BCUT2D eigenvalue weighted by molar-refractivity contribution is -0.123. The molecule has 0 spiro atoms. The number of nitrogens with zero attached hydrogens (tertiary/aromatic N) is 2. The van der Waals surface area contributed by atoms with Crippen molar-refractivity contribution in [1.82, 2.24) is 20.1 Å². The Morgan fingerprint density at radius 1 is 1.09 bits per heavy atom. The number of nitrogens with one attached hydrogen (secondary N) is 2. The maximum Gasteiger partial charge on any atom is 0.254 e. The molecule has 2 aliphatic rings. The van der Waals surface area contributed by atoms with Crippen LogP contribution in [-0.2, 0) is 11.3 Å². The van der Waals surface area contributed by atoms with E-state index in [1.807, 2.05) is 25.1 Å². The Kier molecular flexibility index (Phi) is 6.63. The molecular formula is C25H32N4O3. The lowest BCUT2D eigenvalue weighted by Crippen LogP contribution is -2.49. The summed E-state index contributed by atoms with van der Waals surface area (Å²) in [6.45, 7) is 5.61. The van der Waals surface area contributed by atoms with Gasteiger partial charge in [-0.1, -0.05) is 31.4 Å². The summed E-state index contributed by atoms with van der Waals surface area (Å²) in [5, 5.41) is 5.74. The van der Waals surface area contributed by atoms with Crippen molar-refractivity contribution in [2.75, 3.05) is 19.6 Å². The first-order chi connectivity index (χ1) is 15.4. The van der Waals surface area contributed by atoms with Crippen molar-refractivity contribution in [1.29, 1.82) is 0 Å². The van der Waals surface area contributed by atoms with Crippen molar-refractivity contribution in [3.63, 3.8) is 0 Å². The van der Waals surface area contributed by atoms with Crippen LogP contribution in [-0.4, -0.2) is 46.8 Å². The Morgan fingerprint density at radius 3 is 2.50 bits per heavy atom. The maximum atomic E-state index is 12.9. The Hall–Kier alpha value is -3.09. The maximum absolute atomic E-state index is 12.9. The van der Waals surface area contributed by atoms with Crippen LogP contribution in [0.3, 0.4) is 0 Å². The molecule has 7 heteroatoms. The molecule has 2 heterocycles. The molecule has 1 saturated carbocycles. The van der Waals surface area contributed by atoms with Gasteiger partial charge >= 0.3 is 0 Å². The molecule has 1 aromatic carbocycles. The average molecular weight is 437 g/mol. The summed E-state index contributed by atoms with van der Waals surface area (Å²) in [4.78, 5) is 38.5. The van der Waals surface area contributed by atoms with Gasteiger partial charge in [-0.05, 0) is 50.5 Å². The molecule has 7 nitrogen and oxygen atoms in total. The summed E-state index contributed by atoms with van der Waals surface area (Å²) in [5.41, 5.74) is 4.40. The van der Waals surface area contributed by atoms with Gasteiger partial charge in [-0.15, -0.1) is 0 Å². The molecule has 0 atom stereocenters. The van der Waals surface area contributed by atoms with Crippen molar-refractivity contribution in [2.24, 2.45) is 0 Å². The van der Waals surface area contributed by atoms with Gasteiger partial charge < -0.3 is 20.1 Å². The largest absolute Gasteiger partial charge is 0.353 e. The zero-order chi connectivity index (χ0) is 22.7. The van der Waals surface area contributed by atoms with Gasteiger partial charge in [-0.3, -0.25) is 14.4 Å². The third kappa shape index (κ3) is 4.71. The molecule has 0 bridgehead atoms. The SMILES string of the molecule is Cc1cc(C(=O)NCc2ccc(C(=O)N3CCNC(=O)C3)cc2)c(C)n1C1CCCCC1. The molecule has 2 aromatic rings. The summed E-state index contributed by atoms with van der Waals surface area (Å²) in [6, 6.07) is 9.71. The van der Waals surface area contributed by atoms with E-state index in [2.05, 4.69) is 22.1 Å². The number of rotatable bonds is 5. The molecule has 3 amide bonds. The van der Waals surface area contributed by atoms with Crippen LogP contribution in [0.1, 0.15) is 75.8 Å². The summed E-state index contributed by atoms with van der Waals surface area (Å²) in [5.74, 6) is -0.350. The van der Waals surface area contributed by atoms with E-state index in [0.717, 1.165) is 22.5 Å². The van der Waals surface area contributed by atoms with Crippen molar-refractivity contribution >= 4 is 17.7 Å². The van der Waals surface area contributed by atoms with Crippen molar-refractivity contribution < 1.29 is 14.4 Å². The molecule has 32 heavy (non-hydrogen) atoms. The van der Waals surface area contributed by atoms with Gasteiger partial charge in [0.1, 0.15) is 0 Å². The third-order valence-electron chi connectivity index (χ3n) is 6.65. The van der Waals surface area contributed by atoms with Gasteiger partial charge in [0.15, 0.2) is 0 Å². The number of aromatic nitrogens is 1. The molecular weight excluding hydrogens is 404 g/mol. The van der Waals surface area contributed by atoms with Gasteiger partial charge in [-0.2, -0.15) is 0 Å². The molecule has 0 unspecified atom stereocenters. The first-order valence-corrected chi connectivity index (χ1v) is 11.6. The number of carbonyl (C=O) groups excluding carboxylic acids is 3. The second-order valence-corrected chi connectivity index (χ2v) is 8.90. The van der Waals surface area contributed by atoms with E-state index in [9.17, 15) is 14.4 Å². The van der Waals surface area contributed by atoms with E-state index >= 15 is 0 Å². The highest BCUT2D eigenvalue weighted by atomic mass is 16.2. The van der Waals surface area contributed by atoms with Gasteiger partial charge in [0, 0.05) is 42.6 Å². The Balaban J connectivity index is 1.37. The summed E-state index contributed by atoms with van der Waals surface area (Å²) in [7, 11) is 0. The van der Waals surface area contributed by atoms with Gasteiger partial charge in [0.2, 0.25) is 5.91 Å². The molecule has 1 aliphatic heterocycles. The van der Waals surface area contributed by atoms with Crippen LogP contribution in [0.25, 0.3) is 0 Å². The van der Waals surface area contributed by atoms with Crippen LogP contribution < -0.4 is 10.6 Å². The fraction of sp³-hybridized carbons (Fsp3) is 0.480. The molecule has 4 rings (SSSR count). The van der Waals surface area contributed by atoms with E-state index in [0.29, 0.717) is 31.2 Å². The monoisotopic (exact) mass is 436 g/mol.